The third-order valence-electron chi connectivity index (χ3n) is 3.49. The Kier molecular flexibility index (Phi) is 5.09. The van der Waals surface area contributed by atoms with Gasteiger partial charge in [0.25, 0.3) is 0 Å². The van der Waals surface area contributed by atoms with E-state index >= 15 is 0 Å². The Labute approximate surface area is 125 Å². The van der Waals surface area contributed by atoms with Gasteiger partial charge in [0.1, 0.15) is 5.60 Å². The third kappa shape index (κ3) is 3.44. The quantitative estimate of drug-likeness (QED) is 0.522. The minimum Gasteiger partial charge on any atom is -0.372 e. The van der Waals surface area contributed by atoms with Crippen LogP contribution >= 0.6 is 0 Å². The van der Waals surface area contributed by atoms with Crippen molar-refractivity contribution in [3.8, 4) is 0 Å². The van der Waals surface area contributed by atoms with E-state index in [2.05, 4.69) is 0 Å². The lowest BCUT2D eigenvalue weighted by atomic mass is 9.96. The van der Waals surface area contributed by atoms with Crippen LogP contribution in [0.5, 0.6) is 0 Å². The van der Waals surface area contributed by atoms with Crippen LogP contribution in [0.3, 0.4) is 0 Å². The van der Waals surface area contributed by atoms with Crippen molar-refractivity contribution in [2.45, 2.75) is 49.5 Å². The van der Waals surface area contributed by atoms with Gasteiger partial charge in [0.2, 0.25) is 0 Å². The van der Waals surface area contributed by atoms with Crippen LogP contribution in [0, 0.1) is 0 Å². The molecule has 1 heterocycles. The van der Waals surface area contributed by atoms with Crippen molar-refractivity contribution in [1.82, 2.24) is 0 Å². The fourth-order valence-corrected chi connectivity index (χ4v) is 1.57. The average Bonchev–Trinajstić information content (AvgIpc) is 2.40. The smallest absolute Gasteiger partial charge is 0.372 e. The molecule has 0 bridgehead atoms. The van der Waals surface area contributed by atoms with Crippen LogP contribution in [0.4, 0.5) is 39.5 Å². The minimum atomic E-state index is -6.89. The van der Waals surface area contributed by atoms with E-state index < -0.39 is 48.3 Å². The Hall–Kier alpha value is -0.970. The molecule has 1 aliphatic heterocycles. The molecule has 0 saturated carbocycles. The van der Waals surface area contributed by atoms with Gasteiger partial charge in [0.05, 0.1) is 19.3 Å². The fraction of sp³-hybridized carbons (Fsp3) is 0.833. The maximum atomic E-state index is 13.1. The van der Waals surface area contributed by atoms with Crippen LogP contribution < -0.4 is 0 Å². The predicted octanol–water partition coefficient (Wildman–Crippen LogP) is 4.20. The summed E-state index contributed by atoms with van der Waals surface area (Å²) in [6.45, 7) is 2.52. The predicted molar refractivity (Wildman–Crippen MR) is 59.8 cm³/mol. The molecule has 1 saturated heterocycles. The zero-order chi connectivity index (χ0) is 18.3. The van der Waals surface area contributed by atoms with Crippen LogP contribution in [-0.2, 0) is 9.47 Å². The summed E-state index contributed by atoms with van der Waals surface area (Å²) in [6.07, 6.45) is -7.69. The minimum absolute atomic E-state index is 0.0979. The first kappa shape index (κ1) is 20.1. The van der Waals surface area contributed by atoms with Gasteiger partial charge in [-0.3, -0.25) is 0 Å². The number of rotatable bonds is 6. The SMILES string of the molecule is CC1OCC1(C)OCC=CC(F)(F)C(F)(F)C(F)(F)C(F)(F)F. The number of halogens is 9. The summed E-state index contributed by atoms with van der Waals surface area (Å²) in [6, 6.07) is 0. The molecule has 136 valence electrons. The lowest BCUT2D eigenvalue weighted by Gasteiger charge is -2.44. The molecule has 0 radical (unpaired) electrons. The molecule has 23 heavy (non-hydrogen) atoms. The van der Waals surface area contributed by atoms with E-state index in [1.54, 1.807) is 6.92 Å². The van der Waals surface area contributed by atoms with Crippen LogP contribution in [0.25, 0.3) is 0 Å². The van der Waals surface area contributed by atoms with Crippen LogP contribution in [0.1, 0.15) is 13.8 Å². The van der Waals surface area contributed by atoms with E-state index in [4.69, 9.17) is 9.47 Å². The molecule has 1 aliphatic rings. The Morgan fingerprint density at radius 1 is 1.04 bits per heavy atom. The van der Waals surface area contributed by atoms with Crippen LogP contribution in [0.2, 0.25) is 0 Å². The monoisotopic (exact) mass is 360 g/mol. The molecule has 0 N–H and O–H groups in total. The fourth-order valence-electron chi connectivity index (χ4n) is 1.57. The molecule has 2 atom stereocenters. The van der Waals surface area contributed by atoms with Gasteiger partial charge in [-0.25, -0.2) is 0 Å². The second-order valence-corrected chi connectivity index (χ2v) is 5.25. The van der Waals surface area contributed by atoms with Crippen LogP contribution in [-0.4, -0.2) is 48.9 Å². The van der Waals surface area contributed by atoms with E-state index in [1.165, 1.54) is 6.92 Å². The summed E-state index contributed by atoms with van der Waals surface area (Å²) in [5, 5.41) is 0. The third-order valence-corrected chi connectivity index (χ3v) is 3.49. The van der Waals surface area contributed by atoms with Crippen molar-refractivity contribution in [1.29, 1.82) is 0 Å². The van der Waals surface area contributed by atoms with E-state index in [9.17, 15) is 39.5 Å². The molecular formula is C12H13F9O2. The topological polar surface area (TPSA) is 18.5 Å². The van der Waals surface area contributed by atoms with Gasteiger partial charge in [0, 0.05) is 0 Å². The number of hydrogen-bond donors (Lipinski definition) is 0. The van der Waals surface area contributed by atoms with Gasteiger partial charge >= 0.3 is 23.9 Å². The van der Waals surface area contributed by atoms with Gasteiger partial charge in [0.15, 0.2) is 0 Å². The van der Waals surface area contributed by atoms with Crippen LogP contribution in [0.15, 0.2) is 12.2 Å². The number of allylic oxidation sites excluding steroid dienone is 1. The van der Waals surface area contributed by atoms with E-state index in [0.717, 1.165) is 0 Å². The zero-order valence-electron chi connectivity index (χ0n) is 11.9. The molecule has 0 aromatic rings. The first-order chi connectivity index (χ1) is 10.1. The zero-order valence-corrected chi connectivity index (χ0v) is 11.9. The second kappa shape index (κ2) is 5.83. The average molecular weight is 360 g/mol. The number of ether oxygens (including phenoxy) is 2. The summed E-state index contributed by atoms with van der Waals surface area (Å²) in [7, 11) is 0. The van der Waals surface area contributed by atoms with Gasteiger partial charge in [-0.05, 0) is 19.9 Å². The summed E-state index contributed by atoms with van der Waals surface area (Å²) >= 11 is 0. The maximum absolute atomic E-state index is 13.1. The molecule has 0 aromatic carbocycles. The Balaban J connectivity index is 2.79. The molecule has 0 aliphatic carbocycles. The second-order valence-electron chi connectivity index (χ2n) is 5.25. The van der Waals surface area contributed by atoms with Gasteiger partial charge < -0.3 is 9.47 Å². The molecule has 0 aromatic heterocycles. The van der Waals surface area contributed by atoms with Crippen molar-refractivity contribution in [2.75, 3.05) is 13.2 Å². The standard InChI is InChI=1S/C12H13F9O2/c1-7-8(2,6-22-7)23-5-3-4-9(13,14)10(15,16)11(17,18)12(19,20)21/h3-4,7H,5-6H2,1-2H3. The highest BCUT2D eigenvalue weighted by Crippen LogP contribution is 2.53. The Morgan fingerprint density at radius 2 is 1.57 bits per heavy atom. The Bertz CT molecular complexity index is 458. The normalized spacial score (nSPS) is 27.3. The highest BCUT2D eigenvalue weighted by atomic mass is 19.4. The largest absolute Gasteiger partial charge is 0.460 e. The summed E-state index contributed by atoms with van der Waals surface area (Å²) in [5.41, 5.74) is -0.877. The highest BCUT2D eigenvalue weighted by molar-refractivity contribution is 5.10. The molecule has 1 fully saturated rings. The molecule has 0 amide bonds. The maximum Gasteiger partial charge on any atom is 0.460 e. The lowest BCUT2D eigenvalue weighted by molar-refractivity contribution is -0.388. The summed E-state index contributed by atoms with van der Waals surface area (Å²) < 4.78 is 123. The highest BCUT2D eigenvalue weighted by Gasteiger charge is 2.81. The van der Waals surface area contributed by atoms with E-state index in [1.807, 2.05) is 0 Å². The summed E-state index contributed by atoms with van der Waals surface area (Å²) in [4.78, 5) is 0. The van der Waals surface area contributed by atoms with Crippen molar-refractivity contribution in [2.24, 2.45) is 0 Å². The van der Waals surface area contributed by atoms with E-state index in [-0.39, 0.29) is 12.7 Å². The number of alkyl halides is 9. The molecular weight excluding hydrogens is 347 g/mol. The molecule has 2 nitrogen and oxygen atoms in total. The van der Waals surface area contributed by atoms with Gasteiger partial charge in [-0.1, -0.05) is 6.08 Å². The summed E-state index contributed by atoms with van der Waals surface area (Å²) in [5.74, 6) is -19.3. The van der Waals surface area contributed by atoms with Crippen molar-refractivity contribution >= 4 is 0 Å². The first-order valence-corrected chi connectivity index (χ1v) is 6.22. The van der Waals surface area contributed by atoms with E-state index in [0.29, 0.717) is 0 Å². The van der Waals surface area contributed by atoms with Crippen molar-refractivity contribution in [3.63, 3.8) is 0 Å². The van der Waals surface area contributed by atoms with Crippen molar-refractivity contribution < 1.29 is 49.0 Å². The Morgan fingerprint density at radius 3 is 1.91 bits per heavy atom. The molecule has 2 unspecified atom stereocenters. The molecule has 1 rings (SSSR count). The van der Waals surface area contributed by atoms with Gasteiger partial charge in [-0.15, -0.1) is 0 Å². The number of hydrogen-bond acceptors (Lipinski definition) is 2. The van der Waals surface area contributed by atoms with Gasteiger partial charge in [-0.2, -0.15) is 39.5 Å². The first-order valence-electron chi connectivity index (χ1n) is 6.22. The lowest BCUT2D eigenvalue weighted by Crippen LogP contribution is -2.60. The molecule has 0 spiro atoms. The molecule has 11 heteroatoms. The van der Waals surface area contributed by atoms with Crippen molar-refractivity contribution in [3.05, 3.63) is 12.2 Å².